The van der Waals surface area contributed by atoms with Crippen LogP contribution in [0.4, 0.5) is 4.79 Å². The first-order valence-electron chi connectivity index (χ1n) is 11.9. The van der Waals surface area contributed by atoms with Crippen LogP contribution < -0.4 is 16.6 Å². The molecule has 4 aliphatic rings. The summed E-state index contributed by atoms with van der Waals surface area (Å²) in [5, 5.41) is 33.9. The van der Waals surface area contributed by atoms with Crippen molar-refractivity contribution < 1.29 is 62.4 Å². The number of H-pyrrole nitrogens is 1. The lowest BCUT2D eigenvalue weighted by Crippen LogP contribution is -2.65. The van der Waals surface area contributed by atoms with Crippen molar-refractivity contribution in [3.8, 4) is 0 Å². The first-order valence-corrected chi connectivity index (χ1v) is 13.4. The number of aromatic amines is 1. The van der Waals surface area contributed by atoms with Crippen LogP contribution in [-0.2, 0) is 37.4 Å². The van der Waals surface area contributed by atoms with Crippen molar-refractivity contribution in [2.45, 2.75) is 61.2 Å². The Morgan fingerprint density at radius 2 is 1.80 bits per heavy atom. The number of methoxy groups -OCH3 is 2. The van der Waals surface area contributed by atoms with E-state index >= 15 is 0 Å². The van der Waals surface area contributed by atoms with Crippen molar-refractivity contribution in [2.24, 2.45) is 0 Å². The molecule has 3 fully saturated rings. The lowest BCUT2D eigenvalue weighted by atomic mass is 9.95. The molecular formula is C20H27N4O15P. The van der Waals surface area contributed by atoms with Gasteiger partial charge in [-0.2, -0.15) is 0 Å². The van der Waals surface area contributed by atoms with Crippen LogP contribution in [0.25, 0.3) is 0 Å². The maximum atomic E-state index is 12.9. The molecule has 222 valence electrons. The second-order valence-corrected chi connectivity index (χ2v) is 10.8. The van der Waals surface area contributed by atoms with E-state index in [-0.39, 0.29) is 0 Å². The van der Waals surface area contributed by atoms with Gasteiger partial charge in [0.25, 0.3) is 5.56 Å². The van der Waals surface area contributed by atoms with Crippen LogP contribution in [0.5, 0.6) is 0 Å². The molecule has 4 aliphatic heterocycles. The summed E-state index contributed by atoms with van der Waals surface area (Å²) in [4.78, 5) is 64.5. The molecule has 20 heteroatoms. The molecule has 5 rings (SSSR count). The zero-order valence-corrected chi connectivity index (χ0v) is 21.8. The van der Waals surface area contributed by atoms with Crippen molar-refractivity contribution in [1.82, 2.24) is 19.8 Å². The molecule has 1 aromatic heterocycles. The number of phosphoric acid groups is 1. The van der Waals surface area contributed by atoms with E-state index in [0.717, 1.165) is 17.9 Å². The van der Waals surface area contributed by atoms with Gasteiger partial charge in [-0.15, -0.1) is 0 Å². The summed E-state index contributed by atoms with van der Waals surface area (Å²) in [6.45, 7) is -1.55. The molecule has 0 saturated carbocycles. The number of aliphatic hydroxyl groups is 3. The van der Waals surface area contributed by atoms with Gasteiger partial charge in [-0.25, -0.2) is 14.2 Å². The Balaban J connectivity index is 1.68. The topological polar surface area (TPSA) is 258 Å². The second kappa shape index (κ2) is 10.7. The highest BCUT2D eigenvalue weighted by molar-refractivity contribution is 7.47. The molecule has 11 atom stereocenters. The van der Waals surface area contributed by atoms with Crippen LogP contribution in [0.1, 0.15) is 17.7 Å². The molecule has 5 heterocycles. The van der Waals surface area contributed by atoms with Crippen molar-refractivity contribution in [3.05, 3.63) is 32.6 Å². The quantitative estimate of drug-likeness (QED) is 0.182. The lowest BCUT2D eigenvalue weighted by molar-refractivity contribution is -0.158. The van der Waals surface area contributed by atoms with Gasteiger partial charge in [0.05, 0.1) is 18.8 Å². The summed E-state index contributed by atoms with van der Waals surface area (Å²) in [5.74, 6) is -2.91. The molecule has 3 unspecified atom stereocenters. The minimum Gasteiger partial charge on any atom is -0.394 e. The van der Waals surface area contributed by atoms with Crippen LogP contribution in [0.2, 0.25) is 0 Å². The number of rotatable bonds is 3. The Morgan fingerprint density at radius 1 is 1.10 bits per heavy atom. The first-order chi connectivity index (χ1) is 18.9. The zero-order valence-electron chi connectivity index (χ0n) is 20.9. The maximum Gasteiger partial charge on any atom is 0.472 e. The van der Waals surface area contributed by atoms with E-state index in [4.69, 9.17) is 28.0 Å². The van der Waals surface area contributed by atoms with Crippen LogP contribution in [0.15, 0.2) is 15.8 Å². The summed E-state index contributed by atoms with van der Waals surface area (Å²) in [7, 11) is -2.70. The van der Waals surface area contributed by atoms with Crippen LogP contribution >= 0.6 is 7.82 Å². The Morgan fingerprint density at radius 3 is 2.45 bits per heavy atom. The SMILES string of the molecule is CO[C@@H]1[C@@H]2OP(=O)(O)OC[C@H]3O[C@H]([C@H](OC)[C@@H]3O)n3cc(c(=O)[nH]c3=O)C3C(=O)NC(=O)N(C3O)[C@@H]1O[C@@H]2CO. The summed E-state index contributed by atoms with van der Waals surface area (Å²) in [5.41, 5.74) is -2.59. The second-order valence-electron chi connectivity index (χ2n) is 9.38. The van der Waals surface area contributed by atoms with E-state index in [1.54, 1.807) is 0 Å². The number of nitrogens with one attached hydrogen (secondary N) is 2. The number of fused-ring (bicyclic) bond motifs is 11. The predicted molar refractivity (Wildman–Crippen MR) is 123 cm³/mol. The smallest absolute Gasteiger partial charge is 0.394 e. The number of imide groups is 1. The number of carbonyl (C=O) groups excluding carboxylic acids is 2. The van der Waals surface area contributed by atoms with E-state index in [9.17, 15) is 44.0 Å². The Labute approximate surface area is 223 Å². The number of nitrogens with zero attached hydrogens (tertiary/aromatic N) is 2. The van der Waals surface area contributed by atoms with Gasteiger partial charge in [0.1, 0.15) is 48.8 Å². The third-order valence-electron chi connectivity index (χ3n) is 7.19. The predicted octanol–water partition coefficient (Wildman–Crippen LogP) is -3.99. The van der Waals surface area contributed by atoms with Crippen LogP contribution in [0.3, 0.4) is 0 Å². The van der Waals surface area contributed by atoms with Crippen molar-refractivity contribution in [1.29, 1.82) is 0 Å². The molecule has 40 heavy (non-hydrogen) atoms. The Hall–Kier alpha value is -2.55. The van der Waals surface area contributed by atoms with Crippen LogP contribution in [0, 0.1) is 0 Å². The fourth-order valence-corrected chi connectivity index (χ4v) is 6.25. The number of aliphatic hydroxyl groups excluding tert-OH is 3. The number of ether oxygens (including phenoxy) is 4. The number of hydrogen-bond donors (Lipinski definition) is 6. The molecule has 0 aromatic carbocycles. The summed E-state index contributed by atoms with van der Waals surface area (Å²) in [6.07, 6.45) is -12.8. The van der Waals surface area contributed by atoms with Gasteiger partial charge in [0.2, 0.25) is 5.91 Å². The minimum absolute atomic E-state index is 0.472. The number of urea groups is 1. The Bertz CT molecular complexity index is 1340. The van der Waals surface area contributed by atoms with Gasteiger partial charge in [-0.05, 0) is 0 Å². The average molecular weight is 594 g/mol. The summed E-state index contributed by atoms with van der Waals surface area (Å²) < 4.78 is 45.9. The molecule has 3 amide bonds. The minimum atomic E-state index is -5.01. The third-order valence-corrected chi connectivity index (χ3v) is 8.17. The first kappa shape index (κ1) is 29.0. The molecule has 19 nitrogen and oxygen atoms in total. The molecule has 1 aromatic rings. The van der Waals surface area contributed by atoms with Gasteiger partial charge < -0.3 is 39.2 Å². The lowest BCUT2D eigenvalue weighted by Gasteiger charge is -2.41. The van der Waals surface area contributed by atoms with Gasteiger partial charge in [-0.1, -0.05) is 0 Å². The summed E-state index contributed by atoms with van der Waals surface area (Å²) >= 11 is 0. The highest BCUT2D eigenvalue weighted by atomic mass is 31.2. The number of phosphoric ester groups is 1. The number of aromatic nitrogens is 2. The highest BCUT2D eigenvalue weighted by Gasteiger charge is 2.57. The van der Waals surface area contributed by atoms with Crippen molar-refractivity contribution in [3.63, 3.8) is 0 Å². The fourth-order valence-electron chi connectivity index (χ4n) is 5.29. The summed E-state index contributed by atoms with van der Waals surface area (Å²) in [6, 6.07) is -1.18. The van der Waals surface area contributed by atoms with E-state index in [0.29, 0.717) is 4.90 Å². The number of amides is 3. The standard InChI is InChI=1S/C20H27N4O15P/c1-34-12-10(26)8-5-36-40(32,33)39-11-7(4-25)37-18(13(11)35-2)24-16(29)9(15(28)22-20(24)31)6-3-23(17(12)38-8)19(30)21-14(6)27/h3,7-13,16-18,25-26,29H,4-5H2,1-2H3,(H,32,33)(H,21,27,30)(H,22,28,31)/t7-,8-,9?,10-,11-,12-,13-,16?,17-,18-/m1/s1. The molecule has 0 radical (unpaired) electrons. The fraction of sp³-hybridized carbons (Fsp3) is 0.700. The molecule has 0 spiro atoms. The van der Waals surface area contributed by atoms with Crippen LogP contribution in [-0.4, -0.2) is 123 Å². The van der Waals surface area contributed by atoms with Gasteiger partial charge >= 0.3 is 19.5 Å². The highest BCUT2D eigenvalue weighted by Crippen LogP contribution is 2.49. The van der Waals surface area contributed by atoms with Crippen molar-refractivity contribution in [2.75, 3.05) is 27.4 Å². The Kier molecular flexibility index (Phi) is 7.74. The van der Waals surface area contributed by atoms with E-state index in [1.165, 1.54) is 7.11 Å². The zero-order chi connectivity index (χ0) is 29.1. The molecular weight excluding hydrogens is 567 g/mol. The van der Waals surface area contributed by atoms with Crippen molar-refractivity contribution >= 4 is 19.8 Å². The molecule has 8 bridgehead atoms. The largest absolute Gasteiger partial charge is 0.472 e. The van der Waals surface area contributed by atoms with Gasteiger partial charge in [0, 0.05) is 20.4 Å². The third kappa shape index (κ3) is 4.72. The monoisotopic (exact) mass is 594 g/mol. The number of carbonyl (C=O) groups is 2. The average Bonchev–Trinajstić information content (AvgIpc) is 3.38. The van der Waals surface area contributed by atoms with E-state index < -0.39 is 111 Å². The normalized spacial score (nSPS) is 41.7. The van der Waals surface area contributed by atoms with E-state index in [2.05, 4.69) is 0 Å². The molecule has 0 aliphatic carbocycles. The van der Waals surface area contributed by atoms with Gasteiger partial charge in [-0.3, -0.25) is 38.4 Å². The molecule has 3 saturated heterocycles. The van der Waals surface area contributed by atoms with E-state index in [1.807, 2.05) is 10.3 Å². The van der Waals surface area contributed by atoms with Gasteiger partial charge in [0.15, 0.2) is 12.5 Å². The molecule has 6 N–H and O–H groups in total. The number of hydrogen-bond acceptors (Lipinski definition) is 14. The maximum absolute atomic E-state index is 12.9.